The maximum absolute atomic E-state index is 12.6. The second-order valence-electron chi connectivity index (χ2n) is 7.49. The number of amides is 1. The summed E-state index contributed by atoms with van der Waals surface area (Å²) in [6.45, 7) is 3.85. The van der Waals surface area contributed by atoms with Crippen molar-refractivity contribution in [3.05, 3.63) is 52.2 Å². The molecule has 2 aromatic heterocycles. The molecule has 28 heavy (non-hydrogen) atoms. The van der Waals surface area contributed by atoms with E-state index in [9.17, 15) is 4.79 Å². The number of nitrogens with zero attached hydrogens (tertiary/aromatic N) is 3. The van der Waals surface area contributed by atoms with Crippen LogP contribution in [0.25, 0.3) is 11.0 Å². The van der Waals surface area contributed by atoms with Gasteiger partial charge in [-0.25, -0.2) is 9.67 Å². The molecule has 0 bridgehead atoms. The van der Waals surface area contributed by atoms with E-state index in [1.165, 1.54) is 0 Å². The number of aryl methyl sites for hydroxylation is 3. The van der Waals surface area contributed by atoms with E-state index in [0.717, 1.165) is 47.1 Å². The van der Waals surface area contributed by atoms with Gasteiger partial charge in [0.2, 0.25) is 5.88 Å². The first-order valence-corrected chi connectivity index (χ1v) is 9.76. The van der Waals surface area contributed by atoms with Gasteiger partial charge in [-0.2, -0.15) is 0 Å². The summed E-state index contributed by atoms with van der Waals surface area (Å²) in [5.41, 5.74) is 3.46. The molecule has 1 saturated carbocycles. The highest BCUT2D eigenvalue weighted by Gasteiger charge is 2.40. The fourth-order valence-corrected chi connectivity index (χ4v) is 4.00. The summed E-state index contributed by atoms with van der Waals surface area (Å²) in [5, 5.41) is 9.09. The van der Waals surface area contributed by atoms with E-state index in [-0.39, 0.29) is 18.1 Å². The number of carbonyl (C=O) groups excluding carboxylic acids is 1. The van der Waals surface area contributed by atoms with E-state index in [2.05, 4.69) is 15.4 Å². The molecule has 146 valence electrons. The Morgan fingerprint density at radius 3 is 2.64 bits per heavy atom. The minimum absolute atomic E-state index is 0.0885. The highest BCUT2D eigenvalue weighted by atomic mass is 35.5. The molecule has 7 heteroatoms. The maximum atomic E-state index is 12.6. The van der Waals surface area contributed by atoms with Crippen molar-refractivity contribution in [3.8, 4) is 5.88 Å². The first kappa shape index (κ1) is 18.7. The number of aromatic nitrogens is 3. The normalized spacial score (nSPS) is 15.3. The monoisotopic (exact) mass is 398 g/mol. The third-order valence-corrected chi connectivity index (χ3v) is 5.66. The largest absolute Gasteiger partial charge is 0.466 e. The lowest BCUT2D eigenvalue weighted by atomic mass is 9.72. The Kier molecular flexibility index (Phi) is 4.75. The number of nitrogens with one attached hydrogen (secondary N) is 1. The number of hydrogen-bond acceptors (Lipinski definition) is 4. The number of rotatable bonds is 5. The van der Waals surface area contributed by atoms with E-state index in [1.807, 2.05) is 51.2 Å². The van der Waals surface area contributed by atoms with Crippen LogP contribution in [0.4, 0.5) is 0 Å². The van der Waals surface area contributed by atoms with E-state index < -0.39 is 0 Å². The van der Waals surface area contributed by atoms with E-state index >= 15 is 0 Å². The Hall–Kier alpha value is -2.60. The van der Waals surface area contributed by atoms with Gasteiger partial charge >= 0.3 is 0 Å². The Labute approximate surface area is 168 Å². The molecule has 1 aliphatic carbocycles. The topological polar surface area (TPSA) is 69.0 Å². The molecule has 0 saturated heterocycles. The second kappa shape index (κ2) is 7.09. The number of fused-ring (bicyclic) bond motifs is 1. The molecular formula is C21H23ClN4O2. The third kappa shape index (κ3) is 3.33. The lowest BCUT2D eigenvalue weighted by Gasteiger charge is -2.43. The number of carbonyl (C=O) groups is 1. The molecule has 3 aromatic rings. The number of benzene rings is 1. The van der Waals surface area contributed by atoms with Gasteiger partial charge in [0.05, 0.1) is 10.9 Å². The zero-order valence-corrected chi connectivity index (χ0v) is 17.0. The van der Waals surface area contributed by atoms with Crippen molar-refractivity contribution in [1.29, 1.82) is 0 Å². The zero-order valence-electron chi connectivity index (χ0n) is 16.3. The molecule has 2 heterocycles. The summed E-state index contributed by atoms with van der Waals surface area (Å²) >= 11 is 6.00. The van der Waals surface area contributed by atoms with Crippen LogP contribution in [-0.2, 0) is 17.4 Å². The van der Waals surface area contributed by atoms with Crippen LogP contribution in [0.1, 0.15) is 36.1 Å². The Morgan fingerprint density at radius 2 is 2.00 bits per heavy atom. The molecular weight excluding hydrogens is 376 g/mol. The third-order valence-electron chi connectivity index (χ3n) is 5.41. The van der Waals surface area contributed by atoms with Crippen molar-refractivity contribution in [3.63, 3.8) is 0 Å². The zero-order chi connectivity index (χ0) is 19.9. The van der Waals surface area contributed by atoms with Gasteiger partial charge in [0.25, 0.3) is 5.91 Å². The summed E-state index contributed by atoms with van der Waals surface area (Å²) in [5.74, 6) is 0.276. The van der Waals surface area contributed by atoms with Gasteiger partial charge in [0.1, 0.15) is 0 Å². The Morgan fingerprint density at radius 1 is 1.29 bits per heavy atom. The number of halogens is 1. The minimum atomic E-state index is -0.328. The summed E-state index contributed by atoms with van der Waals surface area (Å²) in [6.07, 6.45) is 2.91. The van der Waals surface area contributed by atoms with Crippen LogP contribution < -0.4 is 10.1 Å². The molecule has 1 fully saturated rings. The standard InChI is InChI=1S/C21H23ClN4O2/c1-13-11-14(2)23-19-18(13)20(25-26(19)3)28-12-17(27)24-21(9-4-10-21)15-5-7-16(22)8-6-15/h5-8,11H,4,9-10,12H2,1-3H3,(H,24,27). The molecule has 1 N–H and O–H groups in total. The molecule has 0 spiro atoms. The van der Waals surface area contributed by atoms with Crippen LogP contribution in [0.15, 0.2) is 30.3 Å². The van der Waals surface area contributed by atoms with Gasteiger partial charge in [-0.1, -0.05) is 23.7 Å². The highest BCUT2D eigenvalue weighted by Crippen LogP contribution is 2.41. The van der Waals surface area contributed by atoms with Crippen molar-refractivity contribution < 1.29 is 9.53 Å². The van der Waals surface area contributed by atoms with Crippen LogP contribution >= 0.6 is 11.6 Å². The van der Waals surface area contributed by atoms with Gasteiger partial charge in [0, 0.05) is 17.8 Å². The summed E-state index contributed by atoms with van der Waals surface area (Å²) in [6, 6.07) is 9.66. The SMILES string of the molecule is Cc1cc(C)c2c(OCC(=O)NC3(c4ccc(Cl)cc4)CCC3)nn(C)c2n1. The molecule has 6 nitrogen and oxygen atoms in total. The molecule has 0 atom stereocenters. The van der Waals surface area contributed by atoms with E-state index in [0.29, 0.717) is 10.9 Å². The fraction of sp³-hybridized carbons (Fsp3) is 0.381. The van der Waals surface area contributed by atoms with Crippen molar-refractivity contribution in [2.24, 2.45) is 7.05 Å². The smallest absolute Gasteiger partial charge is 0.258 e. The summed E-state index contributed by atoms with van der Waals surface area (Å²) in [7, 11) is 1.82. The van der Waals surface area contributed by atoms with Crippen molar-refractivity contribution >= 4 is 28.5 Å². The van der Waals surface area contributed by atoms with E-state index in [1.54, 1.807) is 4.68 Å². The number of ether oxygens (including phenoxy) is 1. The molecule has 0 radical (unpaired) electrons. The summed E-state index contributed by atoms with van der Waals surface area (Å²) < 4.78 is 7.47. The molecule has 0 unspecified atom stereocenters. The average molecular weight is 399 g/mol. The van der Waals surface area contributed by atoms with Crippen LogP contribution in [-0.4, -0.2) is 27.3 Å². The predicted octanol–water partition coefficient (Wildman–Crippen LogP) is 3.81. The van der Waals surface area contributed by atoms with Crippen LogP contribution in [0.2, 0.25) is 5.02 Å². The molecule has 0 aliphatic heterocycles. The quantitative estimate of drug-likeness (QED) is 0.709. The number of hydrogen-bond donors (Lipinski definition) is 1. The molecule has 1 aromatic carbocycles. The van der Waals surface area contributed by atoms with Crippen molar-refractivity contribution in [2.45, 2.75) is 38.6 Å². The second-order valence-corrected chi connectivity index (χ2v) is 7.92. The number of pyridine rings is 1. The first-order chi connectivity index (χ1) is 13.4. The van der Waals surface area contributed by atoms with Crippen LogP contribution in [0.5, 0.6) is 5.88 Å². The predicted molar refractivity (Wildman–Crippen MR) is 109 cm³/mol. The van der Waals surface area contributed by atoms with Gasteiger partial charge in [0.15, 0.2) is 12.3 Å². The van der Waals surface area contributed by atoms with Crippen LogP contribution in [0, 0.1) is 13.8 Å². The minimum Gasteiger partial charge on any atom is -0.466 e. The van der Waals surface area contributed by atoms with Crippen LogP contribution in [0.3, 0.4) is 0 Å². The Bertz CT molecular complexity index is 1040. The molecule has 4 rings (SSSR count). The first-order valence-electron chi connectivity index (χ1n) is 9.39. The average Bonchev–Trinajstić information content (AvgIpc) is 2.93. The summed E-state index contributed by atoms with van der Waals surface area (Å²) in [4.78, 5) is 17.2. The maximum Gasteiger partial charge on any atom is 0.258 e. The van der Waals surface area contributed by atoms with Gasteiger partial charge < -0.3 is 10.1 Å². The van der Waals surface area contributed by atoms with Gasteiger partial charge in [-0.05, 0) is 62.4 Å². The lowest BCUT2D eigenvalue weighted by molar-refractivity contribution is -0.126. The van der Waals surface area contributed by atoms with Crippen molar-refractivity contribution in [1.82, 2.24) is 20.1 Å². The van der Waals surface area contributed by atoms with E-state index in [4.69, 9.17) is 16.3 Å². The van der Waals surface area contributed by atoms with Gasteiger partial charge in [-0.15, -0.1) is 5.10 Å². The highest BCUT2D eigenvalue weighted by molar-refractivity contribution is 6.30. The molecule has 1 aliphatic rings. The van der Waals surface area contributed by atoms with Crippen molar-refractivity contribution in [2.75, 3.05) is 6.61 Å². The Balaban J connectivity index is 1.49. The van der Waals surface area contributed by atoms with Gasteiger partial charge in [-0.3, -0.25) is 4.79 Å². The fourth-order valence-electron chi connectivity index (χ4n) is 3.87. The molecule has 1 amide bonds. The lowest BCUT2D eigenvalue weighted by Crippen LogP contribution is -2.52.